The number of hydrogen-bond acceptors (Lipinski definition) is 7. The molecule has 0 N–H and O–H groups in total. The van der Waals surface area contributed by atoms with Crippen LogP contribution in [0.2, 0.25) is 0 Å². The summed E-state index contributed by atoms with van der Waals surface area (Å²) in [5.74, 6) is 1.34. The van der Waals surface area contributed by atoms with E-state index < -0.39 is 0 Å². The molecule has 4 rings (SSSR count). The molecule has 3 heterocycles. The van der Waals surface area contributed by atoms with Crippen molar-refractivity contribution in [2.45, 2.75) is 0 Å². The second kappa shape index (κ2) is 6.25. The molecular weight excluding hydrogens is 342 g/mol. The van der Waals surface area contributed by atoms with Gasteiger partial charge in [-0.15, -0.1) is 0 Å². The van der Waals surface area contributed by atoms with E-state index in [0.29, 0.717) is 23.9 Å². The number of rotatable bonds is 4. The zero-order valence-corrected chi connectivity index (χ0v) is 14.5. The molecule has 130 valence electrons. The molecule has 3 aromatic rings. The van der Waals surface area contributed by atoms with Gasteiger partial charge in [-0.25, -0.2) is 0 Å². The molecule has 0 bridgehead atoms. The molecule has 2 aromatic heterocycles. The van der Waals surface area contributed by atoms with Crippen LogP contribution in [0.15, 0.2) is 35.8 Å². The molecule has 1 saturated heterocycles. The summed E-state index contributed by atoms with van der Waals surface area (Å²) >= 11 is 1.40. The molecule has 0 radical (unpaired) electrons. The maximum absolute atomic E-state index is 11.5. The van der Waals surface area contributed by atoms with Crippen LogP contribution >= 0.6 is 11.3 Å². The number of anilines is 2. The number of hydrogen-bond donors (Lipinski definition) is 0. The van der Waals surface area contributed by atoms with Gasteiger partial charge in [-0.05, 0) is 17.1 Å². The number of imidazole rings is 1. The van der Waals surface area contributed by atoms with Crippen molar-refractivity contribution < 1.29 is 9.66 Å². The van der Waals surface area contributed by atoms with E-state index in [1.165, 1.54) is 11.3 Å². The third-order valence-corrected chi connectivity index (χ3v) is 5.15. The van der Waals surface area contributed by atoms with E-state index in [9.17, 15) is 10.1 Å². The number of thiazole rings is 1. The molecule has 1 fully saturated rings. The third-order valence-electron chi connectivity index (χ3n) is 4.40. The normalized spacial score (nSPS) is 14.9. The number of nitrogens with zero attached hydrogens (tertiary/aromatic N) is 5. The number of aromatic nitrogens is 2. The molecule has 0 spiro atoms. The number of fused-ring (bicyclic) bond motifs is 1. The van der Waals surface area contributed by atoms with Crippen molar-refractivity contribution in [1.82, 2.24) is 9.38 Å². The van der Waals surface area contributed by atoms with Crippen molar-refractivity contribution in [3.63, 3.8) is 0 Å². The fourth-order valence-corrected chi connectivity index (χ4v) is 3.90. The van der Waals surface area contributed by atoms with Gasteiger partial charge in [0.25, 0.3) is 4.96 Å². The van der Waals surface area contributed by atoms with Crippen molar-refractivity contribution in [3.8, 4) is 5.75 Å². The first kappa shape index (κ1) is 15.7. The fraction of sp³-hybridized carbons (Fsp3) is 0.312. The Morgan fingerprint density at radius 2 is 1.92 bits per heavy atom. The molecule has 0 atom stereocenters. The van der Waals surface area contributed by atoms with Crippen LogP contribution in [-0.4, -0.2) is 47.6 Å². The monoisotopic (exact) mass is 359 g/mol. The highest BCUT2D eigenvalue weighted by Crippen LogP contribution is 2.33. The van der Waals surface area contributed by atoms with E-state index in [4.69, 9.17) is 4.74 Å². The van der Waals surface area contributed by atoms with Gasteiger partial charge in [-0.3, -0.25) is 0 Å². The van der Waals surface area contributed by atoms with Gasteiger partial charge >= 0.3 is 5.82 Å². The number of methoxy groups -OCH3 is 1. The summed E-state index contributed by atoms with van der Waals surface area (Å²) in [4.78, 5) is 20.5. The van der Waals surface area contributed by atoms with Crippen molar-refractivity contribution in [1.29, 1.82) is 0 Å². The summed E-state index contributed by atoms with van der Waals surface area (Å²) < 4.78 is 6.98. The highest BCUT2D eigenvalue weighted by Gasteiger charge is 2.30. The standard InChI is InChI=1S/C16H17N5O3S/c1-24-13-5-3-2-4-12(13)18-6-8-19(9-7-18)14-15(21(22)23)20-10-11-25-16(20)17-14/h2-5,10-11H,6-9H2,1H3. The van der Waals surface area contributed by atoms with Crippen LogP contribution in [0.4, 0.5) is 17.3 Å². The van der Waals surface area contributed by atoms with Crippen LogP contribution in [0, 0.1) is 10.1 Å². The van der Waals surface area contributed by atoms with Crippen LogP contribution in [0.1, 0.15) is 0 Å². The minimum Gasteiger partial charge on any atom is -0.495 e. The smallest absolute Gasteiger partial charge is 0.373 e. The molecule has 0 unspecified atom stereocenters. The van der Waals surface area contributed by atoms with E-state index in [-0.39, 0.29) is 10.7 Å². The largest absolute Gasteiger partial charge is 0.495 e. The zero-order valence-electron chi connectivity index (χ0n) is 13.7. The van der Waals surface area contributed by atoms with Gasteiger partial charge in [0.15, 0.2) is 0 Å². The first-order valence-electron chi connectivity index (χ1n) is 7.92. The Bertz CT molecular complexity index is 914. The Labute approximate surface area is 148 Å². The Balaban J connectivity index is 1.57. The number of benzene rings is 1. The van der Waals surface area contributed by atoms with Crippen LogP contribution in [0.25, 0.3) is 4.96 Å². The minimum absolute atomic E-state index is 0.0435. The van der Waals surface area contributed by atoms with E-state index in [0.717, 1.165) is 24.5 Å². The van der Waals surface area contributed by atoms with Gasteiger partial charge in [0, 0.05) is 31.6 Å². The number of para-hydroxylation sites is 2. The summed E-state index contributed by atoms with van der Waals surface area (Å²) in [5, 5.41) is 13.3. The van der Waals surface area contributed by atoms with Gasteiger partial charge in [-0.1, -0.05) is 23.5 Å². The number of nitro groups is 1. The maximum Gasteiger partial charge on any atom is 0.373 e. The lowest BCUT2D eigenvalue weighted by molar-refractivity contribution is -0.389. The Morgan fingerprint density at radius 3 is 2.64 bits per heavy atom. The molecule has 9 heteroatoms. The van der Waals surface area contributed by atoms with Crippen molar-refractivity contribution in [2.24, 2.45) is 0 Å². The van der Waals surface area contributed by atoms with Crippen molar-refractivity contribution >= 4 is 33.6 Å². The molecule has 1 aliphatic heterocycles. The summed E-state index contributed by atoms with van der Waals surface area (Å²) in [6.45, 7) is 2.85. The van der Waals surface area contributed by atoms with Crippen LogP contribution < -0.4 is 14.5 Å². The topological polar surface area (TPSA) is 76.2 Å². The van der Waals surface area contributed by atoms with Crippen LogP contribution in [-0.2, 0) is 0 Å². The van der Waals surface area contributed by atoms with E-state index in [1.54, 1.807) is 23.1 Å². The summed E-state index contributed by atoms with van der Waals surface area (Å²) in [6.07, 6.45) is 1.69. The van der Waals surface area contributed by atoms with Gasteiger partial charge in [0.05, 0.1) is 12.8 Å². The van der Waals surface area contributed by atoms with Crippen molar-refractivity contribution in [3.05, 3.63) is 46.0 Å². The molecule has 0 saturated carbocycles. The minimum atomic E-state index is -0.353. The molecule has 0 aliphatic carbocycles. The Morgan fingerprint density at radius 1 is 1.20 bits per heavy atom. The molecular formula is C16H17N5O3S. The lowest BCUT2D eigenvalue weighted by Crippen LogP contribution is -2.47. The summed E-state index contributed by atoms with van der Waals surface area (Å²) in [7, 11) is 1.66. The lowest BCUT2D eigenvalue weighted by atomic mass is 10.2. The maximum atomic E-state index is 11.5. The second-order valence-corrected chi connectivity index (χ2v) is 6.59. The highest BCUT2D eigenvalue weighted by molar-refractivity contribution is 7.15. The van der Waals surface area contributed by atoms with Gasteiger partial charge in [0.1, 0.15) is 11.9 Å². The average molecular weight is 359 g/mol. The summed E-state index contributed by atoms with van der Waals surface area (Å²) in [5.41, 5.74) is 1.05. The third kappa shape index (κ3) is 2.66. The molecule has 1 aromatic carbocycles. The quantitative estimate of drug-likeness (QED) is 0.526. The lowest BCUT2D eigenvalue weighted by Gasteiger charge is -2.36. The van der Waals surface area contributed by atoms with E-state index in [2.05, 4.69) is 9.88 Å². The van der Waals surface area contributed by atoms with Gasteiger partial charge in [0.2, 0.25) is 5.82 Å². The highest BCUT2D eigenvalue weighted by atomic mass is 32.1. The predicted molar refractivity (Wildman–Crippen MR) is 97.1 cm³/mol. The molecule has 0 amide bonds. The number of ether oxygens (including phenoxy) is 1. The first-order chi connectivity index (χ1) is 12.2. The van der Waals surface area contributed by atoms with Gasteiger partial charge in [-0.2, -0.15) is 9.38 Å². The first-order valence-corrected chi connectivity index (χ1v) is 8.80. The summed E-state index contributed by atoms with van der Waals surface area (Å²) in [6, 6.07) is 7.90. The molecule has 8 nitrogen and oxygen atoms in total. The molecule has 1 aliphatic rings. The number of piperazine rings is 1. The van der Waals surface area contributed by atoms with E-state index >= 15 is 0 Å². The average Bonchev–Trinajstić information content (AvgIpc) is 3.22. The predicted octanol–water partition coefficient (Wildman–Crippen LogP) is 2.64. The fourth-order valence-electron chi connectivity index (χ4n) is 3.19. The van der Waals surface area contributed by atoms with E-state index in [1.807, 2.05) is 29.2 Å². The zero-order chi connectivity index (χ0) is 17.4. The Hall–Kier alpha value is -2.81. The van der Waals surface area contributed by atoms with Crippen LogP contribution in [0.5, 0.6) is 5.75 Å². The Kier molecular flexibility index (Phi) is 3.92. The van der Waals surface area contributed by atoms with Gasteiger partial charge < -0.3 is 24.7 Å². The second-order valence-electron chi connectivity index (χ2n) is 5.72. The SMILES string of the molecule is COc1ccccc1N1CCN(c2nc3sccn3c2[N+](=O)[O-])CC1. The van der Waals surface area contributed by atoms with Crippen molar-refractivity contribution in [2.75, 3.05) is 43.1 Å². The van der Waals surface area contributed by atoms with Crippen LogP contribution in [0.3, 0.4) is 0 Å². The molecule has 25 heavy (non-hydrogen) atoms.